The number of aromatic hydroxyl groups is 1. The normalized spacial score (nSPS) is 32.7. The molecular formula is C26H27N3O4. The van der Waals surface area contributed by atoms with Crippen LogP contribution < -0.4 is 10.2 Å². The van der Waals surface area contributed by atoms with Crippen LogP contribution in [0, 0.1) is 0 Å². The van der Waals surface area contributed by atoms with Gasteiger partial charge in [-0.05, 0) is 49.4 Å². The predicted octanol–water partition coefficient (Wildman–Crippen LogP) is 2.52. The largest absolute Gasteiger partial charge is 0.504 e. The molecule has 0 aromatic heterocycles. The van der Waals surface area contributed by atoms with E-state index in [-0.39, 0.29) is 17.7 Å². The van der Waals surface area contributed by atoms with Crippen LogP contribution in [-0.2, 0) is 11.8 Å². The maximum absolute atomic E-state index is 12.6. The second-order valence-corrected chi connectivity index (χ2v) is 9.51. The van der Waals surface area contributed by atoms with Crippen LogP contribution in [0.1, 0.15) is 40.7 Å². The number of ether oxygens (including phenoxy) is 1. The van der Waals surface area contributed by atoms with Crippen LogP contribution in [0.4, 0.5) is 0 Å². The molecule has 4 atom stereocenters. The second-order valence-electron chi connectivity index (χ2n) is 9.51. The number of aliphatic hydroxyl groups is 1. The van der Waals surface area contributed by atoms with E-state index >= 15 is 0 Å². The van der Waals surface area contributed by atoms with Crippen LogP contribution >= 0.6 is 0 Å². The summed E-state index contributed by atoms with van der Waals surface area (Å²) in [6, 6.07) is 12.5. The lowest BCUT2D eigenvalue weighted by Crippen LogP contribution is -2.76. The van der Waals surface area contributed by atoms with Crippen LogP contribution in [0.25, 0.3) is 0 Å². The Balaban J connectivity index is 1.43. The van der Waals surface area contributed by atoms with Crippen LogP contribution in [0.2, 0.25) is 0 Å². The van der Waals surface area contributed by atoms with Crippen molar-refractivity contribution in [3.63, 3.8) is 0 Å². The number of phenols is 1. The number of amides is 1. The highest BCUT2D eigenvalue weighted by Gasteiger charge is 2.72. The molecule has 1 amide bonds. The smallest absolute Gasteiger partial charge is 0.271 e. The van der Waals surface area contributed by atoms with Gasteiger partial charge < -0.3 is 14.9 Å². The first-order valence-corrected chi connectivity index (χ1v) is 11.5. The number of carbonyl (C=O) groups excluding carboxylic acids is 1. The van der Waals surface area contributed by atoms with Gasteiger partial charge in [-0.1, -0.05) is 30.3 Å². The van der Waals surface area contributed by atoms with Crippen molar-refractivity contribution in [2.75, 3.05) is 13.1 Å². The Kier molecular flexibility index (Phi) is 4.44. The minimum Gasteiger partial charge on any atom is -0.504 e. The molecule has 2 fully saturated rings. The Morgan fingerprint density at radius 3 is 2.88 bits per heavy atom. The molecule has 1 saturated carbocycles. The number of likely N-dealkylation sites (tertiary alicyclic amines) is 1. The third-order valence-electron chi connectivity index (χ3n) is 8.09. The summed E-state index contributed by atoms with van der Waals surface area (Å²) in [4.78, 5) is 14.9. The van der Waals surface area contributed by atoms with Crippen molar-refractivity contribution in [2.45, 2.75) is 48.8 Å². The van der Waals surface area contributed by atoms with E-state index in [1.807, 2.05) is 30.3 Å². The molecule has 7 heteroatoms. The zero-order valence-corrected chi connectivity index (χ0v) is 18.3. The van der Waals surface area contributed by atoms with Gasteiger partial charge in [-0.3, -0.25) is 9.69 Å². The molecule has 2 aliphatic carbocycles. The van der Waals surface area contributed by atoms with E-state index < -0.39 is 17.1 Å². The van der Waals surface area contributed by atoms with Gasteiger partial charge in [0.1, 0.15) is 0 Å². The van der Waals surface area contributed by atoms with Gasteiger partial charge in [0, 0.05) is 30.3 Å². The molecule has 2 aromatic rings. The average molecular weight is 446 g/mol. The number of benzene rings is 2. The number of nitrogens with one attached hydrogen (secondary N) is 1. The molecule has 2 aliphatic heterocycles. The van der Waals surface area contributed by atoms with Crippen molar-refractivity contribution >= 4 is 11.6 Å². The fourth-order valence-corrected chi connectivity index (χ4v) is 6.71. The number of hydrazone groups is 1. The summed E-state index contributed by atoms with van der Waals surface area (Å²) >= 11 is 0. The van der Waals surface area contributed by atoms with E-state index in [4.69, 9.17) is 4.74 Å². The molecule has 3 N–H and O–H groups in total. The molecule has 33 heavy (non-hydrogen) atoms. The summed E-state index contributed by atoms with van der Waals surface area (Å²) in [6.45, 7) is 5.40. The van der Waals surface area contributed by atoms with Gasteiger partial charge in [0.15, 0.2) is 17.6 Å². The highest BCUT2D eigenvalue weighted by atomic mass is 16.5. The zero-order valence-electron chi connectivity index (χ0n) is 18.3. The van der Waals surface area contributed by atoms with E-state index in [0.29, 0.717) is 49.3 Å². The minimum atomic E-state index is -1.02. The fraction of sp³-hybridized carbons (Fsp3) is 0.385. The monoisotopic (exact) mass is 445 g/mol. The predicted molar refractivity (Wildman–Crippen MR) is 124 cm³/mol. The minimum absolute atomic E-state index is 0.0706. The summed E-state index contributed by atoms with van der Waals surface area (Å²) in [6.07, 6.45) is 3.73. The number of rotatable bonds is 4. The van der Waals surface area contributed by atoms with Crippen molar-refractivity contribution < 1.29 is 19.7 Å². The lowest BCUT2D eigenvalue weighted by Gasteiger charge is -2.62. The Hall–Kier alpha value is -3.16. The third kappa shape index (κ3) is 2.63. The van der Waals surface area contributed by atoms with Crippen LogP contribution in [-0.4, -0.2) is 57.6 Å². The van der Waals surface area contributed by atoms with E-state index in [1.165, 1.54) is 0 Å². The van der Waals surface area contributed by atoms with Crippen LogP contribution in [0.5, 0.6) is 11.5 Å². The molecule has 2 heterocycles. The number of hydrogen-bond acceptors (Lipinski definition) is 6. The summed E-state index contributed by atoms with van der Waals surface area (Å²) in [5, 5.41) is 27.4. The first kappa shape index (κ1) is 20.4. The summed E-state index contributed by atoms with van der Waals surface area (Å²) in [5.74, 6) is 0.248. The van der Waals surface area contributed by atoms with Crippen molar-refractivity contribution in [1.82, 2.24) is 10.3 Å². The highest BCUT2D eigenvalue weighted by Crippen LogP contribution is 2.64. The molecule has 1 saturated heterocycles. The molecule has 170 valence electrons. The fourth-order valence-electron chi connectivity index (χ4n) is 6.71. The van der Waals surface area contributed by atoms with E-state index in [1.54, 1.807) is 18.2 Å². The number of nitrogens with zero attached hydrogens (tertiary/aromatic N) is 2. The topological polar surface area (TPSA) is 94.4 Å². The molecule has 2 bridgehead atoms. The van der Waals surface area contributed by atoms with Gasteiger partial charge >= 0.3 is 0 Å². The zero-order chi connectivity index (χ0) is 22.8. The van der Waals surface area contributed by atoms with Gasteiger partial charge in [-0.15, -0.1) is 6.58 Å². The molecular weight excluding hydrogens is 418 g/mol. The van der Waals surface area contributed by atoms with Crippen molar-refractivity contribution in [2.24, 2.45) is 5.10 Å². The van der Waals surface area contributed by atoms with E-state index in [0.717, 1.165) is 17.7 Å². The summed E-state index contributed by atoms with van der Waals surface area (Å²) in [7, 11) is 0. The summed E-state index contributed by atoms with van der Waals surface area (Å²) in [5.41, 5.74) is 4.21. The molecule has 6 rings (SSSR count). The lowest BCUT2D eigenvalue weighted by atomic mass is 9.49. The van der Waals surface area contributed by atoms with Crippen molar-refractivity contribution in [3.05, 3.63) is 71.8 Å². The maximum Gasteiger partial charge on any atom is 0.271 e. The van der Waals surface area contributed by atoms with Gasteiger partial charge in [-0.25, -0.2) is 5.43 Å². The molecule has 2 aromatic carbocycles. The van der Waals surface area contributed by atoms with Gasteiger partial charge in [0.25, 0.3) is 5.91 Å². The first-order chi connectivity index (χ1) is 16.0. The quantitative estimate of drug-likeness (QED) is 0.497. The Bertz CT molecular complexity index is 1180. The first-order valence-electron chi connectivity index (χ1n) is 11.5. The van der Waals surface area contributed by atoms with Crippen LogP contribution in [0.3, 0.4) is 0 Å². The van der Waals surface area contributed by atoms with E-state index in [2.05, 4.69) is 22.0 Å². The highest BCUT2D eigenvalue weighted by molar-refractivity contribution is 5.98. The summed E-state index contributed by atoms with van der Waals surface area (Å²) < 4.78 is 6.39. The third-order valence-corrected chi connectivity index (χ3v) is 8.09. The number of carbonyl (C=O) groups is 1. The molecule has 1 spiro atoms. The van der Waals surface area contributed by atoms with Crippen LogP contribution in [0.15, 0.2) is 60.2 Å². The molecule has 4 aliphatic rings. The molecule has 1 unspecified atom stereocenters. The standard InChI is InChI=1S/C26H27N3O4/c1-2-13-29-14-12-25-21-17-8-9-19(30)22(21)33-23(25)18(10-11-26(25,32)20(29)15-17)27-28-24(31)16-6-4-3-5-7-16/h2-9,20,23,30,32H,1,10-15H2,(H,28,31)/b27-18+/t20?,23-,25-,26+/m0/s1. The Labute approximate surface area is 192 Å². The number of hydrogen-bond donors (Lipinski definition) is 3. The lowest BCUT2D eigenvalue weighted by molar-refractivity contribution is -0.163. The number of piperidine rings is 1. The number of phenolic OH excluding ortho intramolecular Hbond substituents is 1. The van der Waals surface area contributed by atoms with E-state index in [9.17, 15) is 15.0 Å². The van der Waals surface area contributed by atoms with Gasteiger partial charge in [0.05, 0.1) is 16.7 Å². The van der Waals surface area contributed by atoms with Gasteiger partial charge in [-0.2, -0.15) is 5.10 Å². The molecule has 7 nitrogen and oxygen atoms in total. The van der Waals surface area contributed by atoms with Crippen molar-refractivity contribution in [3.8, 4) is 11.5 Å². The maximum atomic E-state index is 12.6. The SMILES string of the molecule is C=CCN1CC[C@]23c4c5ccc(O)c4O[C@H]2/C(=N/NC(=O)c2ccccc2)CC[C@@]3(O)C1C5. The average Bonchev–Trinajstić information content (AvgIpc) is 3.18. The second kappa shape index (κ2) is 7.17. The Morgan fingerprint density at radius 2 is 2.09 bits per heavy atom. The molecule has 0 radical (unpaired) electrons. The Morgan fingerprint density at radius 1 is 1.27 bits per heavy atom. The van der Waals surface area contributed by atoms with Crippen molar-refractivity contribution in [1.29, 1.82) is 0 Å². The van der Waals surface area contributed by atoms with Gasteiger partial charge in [0.2, 0.25) is 0 Å².